The molecule has 0 unspecified atom stereocenters. The predicted octanol–water partition coefficient (Wildman–Crippen LogP) is 3.67. The third kappa shape index (κ3) is 5.47. The molecular formula is C26H31N3O3S. The first-order valence-electron chi connectivity index (χ1n) is 11.8. The highest BCUT2D eigenvalue weighted by molar-refractivity contribution is 7.99. The number of hydrogen-bond donors (Lipinski definition) is 1. The summed E-state index contributed by atoms with van der Waals surface area (Å²) in [7, 11) is 0. The summed E-state index contributed by atoms with van der Waals surface area (Å²) in [6.45, 7) is 7.22. The Kier molecular flexibility index (Phi) is 7.07. The number of unbranched alkanes of at least 4 members (excludes halogenated alkanes) is 1. The number of nitrogens with zero attached hydrogens (tertiary/aromatic N) is 2. The minimum Gasteiger partial charge on any atom is -0.486 e. The maximum atomic E-state index is 12.5. The molecule has 3 aliphatic rings. The minimum absolute atomic E-state index is 0.0741. The number of amides is 1. The predicted molar refractivity (Wildman–Crippen MR) is 133 cm³/mol. The van der Waals surface area contributed by atoms with Gasteiger partial charge in [0.05, 0.1) is 0 Å². The van der Waals surface area contributed by atoms with E-state index >= 15 is 0 Å². The van der Waals surface area contributed by atoms with Gasteiger partial charge in [0.15, 0.2) is 11.5 Å². The number of benzene rings is 2. The molecule has 6 nitrogen and oxygen atoms in total. The number of anilines is 1. The van der Waals surface area contributed by atoms with Gasteiger partial charge in [-0.05, 0) is 49.2 Å². The lowest BCUT2D eigenvalue weighted by Gasteiger charge is -2.36. The number of thioether (sulfide) groups is 1. The van der Waals surface area contributed by atoms with Crippen molar-refractivity contribution in [3.05, 3.63) is 53.6 Å². The van der Waals surface area contributed by atoms with Gasteiger partial charge in [-0.3, -0.25) is 9.69 Å². The minimum atomic E-state index is 0.0741. The molecule has 1 fully saturated rings. The first-order chi connectivity index (χ1) is 16.3. The van der Waals surface area contributed by atoms with Gasteiger partial charge in [0, 0.05) is 60.7 Å². The topological polar surface area (TPSA) is 54.0 Å². The lowest BCUT2D eigenvalue weighted by atomic mass is 10.1. The Balaban J connectivity index is 1.000. The molecule has 0 saturated carbocycles. The van der Waals surface area contributed by atoms with Gasteiger partial charge in [0.1, 0.15) is 13.2 Å². The Morgan fingerprint density at radius 1 is 0.970 bits per heavy atom. The molecule has 0 aliphatic carbocycles. The molecule has 0 radical (unpaired) electrons. The molecule has 3 aliphatic heterocycles. The van der Waals surface area contributed by atoms with E-state index in [4.69, 9.17) is 9.47 Å². The number of fused-ring (bicyclic) bond motifs is 2. The number of nitrogens with one attached hydrogen (secondary N) is 1. The fourth-order valence-corrected chi connectivity index (χ4v) is 5.48. The number of carbonyl (C=O) groups is 1. The summed E-state index contributed by atoms with van der Waals surface area (Å²) in [6.07, 6.45) is 4.13. The fraction of sp³-hybridized carbons (Fsp3) is 0.423. The third-order valence-electron chi connectivity index (χ3n) is 6.37. The molecule has 174 valence electrons. The summed E-state index contributed by atoms with van der Waals surface area (Å²) in [5.41, 5.74) is 3.22. The highest BCUT2D eigenvalue weighted by Gasteiger charge is 2.20. The average molecular weight is 466 g/mol. The molecule has 7 heteroatoms. The van der Waals surface area contributed by atoms with E-state index in [0.29, 0.717) is 13.2 Å². The van der Waals surface area contributed by atoms with E-state index in [9.17, 15) is 4.79 Å². The van der Waals surface area contributed by atoms with Crippen LogP contribution >= 0.6 is 11.8 Å². The monoisotopic (exact) mass is 465 g/mol. The van der Waals surface area contributed by atoms with Crippen molar-refractivity contribution in [3.63, 3.8) is 0 Å². The van der Waals surface area contributed by atoms with Crippen molar-refractivity contribution in [2.24, 2.45) is 0 Å². The molecule has 1 N–H and O–H groups in total. The Morgan fingerprint density at radius 3 is 2.67 bits per heavy atom. The van der Waals surface area contributed by atoms with Crippen LogP contribution in [0.2, 0.25) is 0 Å². The normalized spacial score (nSPS) is 17.8. The van der Waals surface area contributed by atoms with Crippen molar-refractivity contribution in [1.82, 2.24) is 10.2 Å². The van der Waals surface area contributed by atoms with Crippen LogP contribution in [0, 0.1) is 0 Å². The van der Waals surface area contributed by atoms with Crippen LogP contribution in [-0.2, 0) is 4.79 Å². The smallest absolute Gasteiger partial charge is 0.248 e. The maximum absolute atomic E-state index is 12.5. The molecule has 33 heavy (non-hydrogen) atoms. The fourth-order valence-electron chi connectivity index (χ4n) is 4.48. The molecule has 3 heterocycles. The van der Waals surface area contributed by atoms with E-state index in [-0.39, 0.29) is 5.91 Å². The average Bonchev–Trinajstić information content (AvgIpc) is 2.88. The number of ether oxygens (including phenoxy) is 2. The molecule has 0 aromatic heterocycles. The second-order valence-corrected chi connectivity index (χ2v) is 9.63. The molecule has 2 aromatic rings. The lowest BCUT2D eigenvalue weighted by molar-refractivity contribution is -0.117. The van der Waals surface area contributed by atoms with Crippen LogP contribution in [0.1, 0.15) is 18.4 Å². The largest absolute Gasteiger partial charge is 0.486 e. The Hall–Kier alpha value is -2.64. The maximum Gasteiger partial charge on any atom is 0.248 e. The van der Waals surface area contributed by atoms with E-state index < -0.39 is 0 Å². The first-order valence-corrected chi connectivity index (χ1v) is 12.8. The number of carbonyl (C=O) groups excluding carboxylic acids is 1. The number of piperazine rings is 1. The summed E-state index contributed by atoms with van der Waals surface area (Å²) in [4.78, 5) is 18.7. The van der Waals surface area contributed by atoms with Gasteiger partial charge < -0.3 is 19.7 Å². The molecular weight excluding hydrogens is 434 g/mol. The zero-order valence-corrected chi connectivity index (χ0v) is 19.7. The zero-order valence-electron chi connectivity index (χ0n) is 18.9. The summed E-state index contributed by atoms with van der Waals surface area (Å²) in [5, 5.41) is 3.10. The van der Waals surface area contributed by atoms with E-state index in [1.165, 1.54) is 10.6 Å². The SMILES string of the molecule is O=C(NCCCCN1CCN(c2ccc3c(c2)OCCO3)CC1)C1=Cc2ccccc2SC1. The van der Waals surface area contributed by atoms with Crippen molar-refractivity contribution >= 4 is 29.4 Å². The van der Waals surface area contributed by atoms with Crippen LogP contribution in [0.4, 0.5) is 5.69 Å². The van der Waals surface area contributed by atoms with Gasteiger partial charge in [-0.2, -0.15) is 0 Å². The highest BCUT2D eigenvalue weighted by atomic mass is 32.2. The van der Waals surface area contributed by atoms with E-state index in [0.717, 1.165) is 80.5 Å². The van der Waals surface area contributed by atoms with Gasteiger partial charge >= 0.3 is 0 Å². The van der Waals surface area contributed by atoms with Crippen molar-refractivity contribution in [1.29, 1.82) is 0 Å². The molecule has 0 bridgehead atoms. The van der Waals surface area contributed by atoms with E-state index in [1.54, 1.807) is 11.8 Å². The van der Waals surface area contributed by atoms with Gasteiger partial charge in [-0.25, -0.2) is 0 Å². The highest BCUT2D eigenvalue weighted by Crippen LogP contribution is 2.34. The van der Waals surface area contributed by atoms with Gasteiger partial charge in [0.25, 0.3) is 0 Å². The second kappa shape index (κ2) is 10.5. The zero-order chi connectivity index (χ0) is 22.5. The van der Waals surface area contributed by atoms with Gasteiger partial charge in [-0.15, -0.1) is 11.8 Å². The van der Waals surface area contributed by atoms with Crippen LogP contribution in [0.25, 0.3) is 6.08 Å². The third-order valence-corrected chi connectivity index (χ3v) is 7.51. The molecule has 0 spiro atoms. The summed E-state index contributed by atoms with van der Waals surface area (Å²) in [6, 6.07) is 14.5. The molecule has 1 saturated heterocycles. The molecule has 1 amide bonds. The standard InChI is InChI=1S/C26H31N3O3S/c30-26(21-17-20-5-1-2-6-25(20)33-19-21)27-9-3-4-10-28-11-13-29(14-12-28)22-7-8-23-24(18-22)32-16-15-31-23/h1-2,5-8,17-18H,3-4,9-16,19H2,(H,27,30). The quantitative estimate of drug-likeness (QED) is 0.630. The molecule has 5 rings (SSSR count). The van der Waals surface area contributed by atoms with Crippen LogP contribution in [0.5, 0.6) is 11.5 Å². The molecule has 2 aromatic carbocycles. The Morgan fingerprint density at radius 2 is 1.79 bits per heavy atom. The van der Waals surface area contributed by atoms with Crippen molar-refractivity contribution in [2.75, 3.05) is 63.1 Å². The van der Waals surface area contributed by atoms with Crippen molar-refractivity contribution in [3.8, 4) is 11.5 Å². The van der Waals surface area contributed by atoms with Crippen LogP contribution < -0.4 is 19.7 Å². The second-order valence-electron chi connectivity index (χ2n) is 8.62. The lowest BCUT2D eigenvalue weighted by Crippen LogP contribution is -2.46. The van der Waals surface area contributed by atoms with Crippen molar-refractivity contribution in [2.45, 2.75) is 17.7 Å². The Bertz CT molecular complexity index is 1020. The number of hydrogen-bond acceptors (Lipinski definition) is 6. The van der Waals surface area contributed by atoms with Crippen LogP contribution in [-0.4, -0.2) is 69.0 Å². The molecule has 0 atom stereocenters. The van der Waals surface area contributed by atoms with Gasteiger partial charge in [-0.1, -0.05) is 18.2 Å². The number of rotatable bonds is 7. The van der Waals surface area contributed by atoms with Crippen LogP contribution in [0.3, 0.4) is 0 Å². The summed E-state index contributed by atoms with van der Waals surface area (Å²) >= 11 is 1.74. The van der Waals surface area contributed by atoms with E-state index in [2.05, 4.69) is 39.4 Å². The van der Waals surface area contributed by atoms with Crippen molar-refractivity contribution < 1.29 is 14.3 Å². The summed E-state index contributed by atoms with van der Waals surface area (Å²) in [5.74, 6) is 2.52. The van der Waals surface area contributed by atoms with E-state index in [1.807, 2.05) is 24.3 Å². The first kappa shape index (κ1) is 22.2. The Labute approximate surface area is 199 Å². The summed E-state index contributed by atoms with van der Waals surface area (Å²) < 4.78 is 11.4. The van der Waals surface area contributed by atoms with Crippen LogP contribution in [0.15, 0.2) is 52.9 Å². The van der Waals surface area contributed by atoms with Gasteiger partial charge in [0.2, 0.25) is 5.91 Å².